The number of thiazole rings is 1. The number of carbonyl (C=O) groups is 2. The van der Waals surface area contributed by atoms with E-state index in [1.54, 1.807) is 18.4 Å². The van der Waals surface area contributed by atoms with Crippen LogP contribution in [0.3, 0.4) is 0 Å². The Morgan fingerprint density at radius 3 is 2.69 bits per heavy atom. The van der Waals surface area contributed by atoms with Crippen molar-refractivity contribution in [2.45, 2.75) is 27.2 Å². The molecule has 2 aromatic heterocycles. The van der Waals surface area contributed by atoms with Gasteiger partial charge in [-0.15, -0.1) is 11.3 Å². The Bertz CT molecular complexity index is 959. The molecule has 0 aliphatic carbocycles. The molecule has 26 heavy (non-hydrogen) atoms. The monoisotopic (exact) mass is 369 g/mol. The summed E-state index contributed by atoms with van der Waals surface area (Å²) in [5, 5.41) is 7.84. The van der Waals surface area contributed by atoms with Crippen molar-refractivity contribution in [3.8, 4) is 0 Å². The molecule has 0 unspecified atom stereocenters. The predicted molar refractivity (Wildman–Crippen MR) is 102 cm³/mol. The molecule has 3 rings (SSSR count). The highest BCUT2D eigenvalue weighted by atomic mass is 32.1. The van der Waals surface area contributed by atoms with Crippen molar-refractivity contribution in [3.63, 3.8) is 0 Å². The number of aryl methyl sites for hydroxylation is 2. The number of nitrogens with one attached hydrogen (secondary N) is 2. The second kappa shape index (κ2) is 7.53. The van der Waals surface area contributed by atoms with Crippen LogP contribution in [0.4, 0.5) is 10.8 Å². The largest absolute Gasteiger partial charge is 0.469 e. The van der Waals surface area contributed by atoms with Crippen LogP contribution in [-0.4, -0.2) is 16.8 Å². The molecule has 0 spiro atoms. The maximum atomic E-state index is 12.3. The summed E-state index contributed by atoms with van der Waals surface area (Å²) in [4.78, 5) is 28.7. The zero-order valence-corrected chi connectivity index (χ0v) is 15.6. The molecular formula is C19H19N3O3S. The van der Waals surface area contributed by atoms with E-state index in [0.717, 1.165) is 16.8 Å². The van der Waals surface area contributed by atoms with Gasteiger partial charge < -0.3 is 9.73 Å². The number of benzene rings is 1. The van der Waals surface area contributed by atoms with Crippen molar-refractivity contribution in [3.05, 3.63) is 64.1 Å². The minimum Gasteiger partial charge on any atom is -0.469 e. The lowest BCUT2D eigenvalue weighted by Gasteiger charge is -2.09. The molecule has 2 N–H and O–H groups in total. The van der Waals surface area contributed by atoms with Gasteiger partial charge in [-0.1, -0.05) is 12.1 Å². The Balaban J connectivity index is 1.61. The molecule has 2 heterocycles. The van der Waals surface area contributed by atoms with Gasteiger partial charge in [0.05, 0.1) is 23.9 Å². The van der Waals surface area contributed by atoms with Crippen LogP contribution in [0.1, 0.15) is 32.9 Å². The molecule has 1 aromatic carbocycles. The summed E-state index contributed by atoms with van der Waals surface area (Å²) in [5.74, 6) is 0.122. The summed E-state index contributed by atoms with van der Waals surface area (Å²) >= 11 is 1.28. The third-order valence-corrected chi connectivity index (χ3v) is 4.90. The average Bonchev–Trinajstić information content (AvgIpc) is 3.20. The van der Waals surface area contributed by atoms with Gasteiger partial charge in [-0.3, -0.25) is 14.9 Å². The van der Waals surface area contributed by atoms with Gasteiger partial charge in [-0.2, -0.15) is 0 Å². The van der Waals surface area contributed by atoms with Gasteiger partial charge >= 0.3 is 0 Å². The summed E-state index contributed by atoms with van der Waals surface area (Å²) in [6.45, 7) is 5.70. The van der Waals surface area contributed by atoms with Crippen LogP contribution < -0.4 is 10.6 Å². The van der Waals surface area contributed by atoms with Crippen LogP contribution in [-0.2, 0) is 11.2 Å². The molecule has 0 fully saturated rings. The smallest absolute Gasteiger partial charge is 0.260 e. The molecular weight excluding hydrogens is 350 g/mol. The van der Waals surface area contributed by atoms with E-state index in [2.05, 4.69) is 15.6 Å². The van der Waals surface area contributed by atoms with E-state index in [9.17, 15) is 9.59 Å². The highest BCUT2D eigenvalue weighted by Gasteiger charge is 2.14. The molecule has 0 saturated carbocycles. The lowest BCUT2D eigenvalue weighted by molar-refractivity contribution is -0.115. The minimum atomic E-state index is -0.281. The number of nitrogens with zero attached hydrogens (tertiary/aromatic N) is 1. The van der Waals surface area contributed by atoms with Crippen molar-refractivity contribution in [2.24, 2.45) is 0 Å². The average molecular weight is 369 g/mol. The van der Waals surface area contributed by atoms with Crippen LogP contribution >= 0.6 is 11.3 Å². The first kappa shape index (κ1) is 17.9. The van der Waals surface area contributed by atoms with Crippen LogP contribution in [0.2, 0.25) is 0 Å². The Labute approximate surface area is 155 Å². The molecule has 3 aromatic rings. The first-order valence-corrected chi connectivity index (χ1v) is 8.98. The van der Waals surface area contributed by atoms with Gasteiger partial charge in [-0.25, -0.2) is 4.98 Å². The molecule has 0 atom stereocenters. The zero-order valence-electron chi connectivity index (χ0n) is 14.8. The van der Waals surface area contributed by atoms with Crippen molar-refractivity contribution in [2.75, 3.05) is 10.6 Å². The van der Waals surface area contributed by atoms with Gasteiger partial charge in [0.2, 0.25) is 5.91 Å². The van der Waals surface area contributed by atoms with Crippen molar-refractivity contribution < 1.29 is 14.0 Å². The molecule has 0 aliphatic heterocycles. The van der Waals surface area contributed by atoms with E-state index in [4.69, 9.17) is 4.42 Å². The van der Waals surface area contributed by atoms with E-state index in [1.165, 1.54) is 17.6 Å². The van der Waals surface area contributed by atoms with Crippen LogP contribution in [0.15, 0.2) is 40.3 Å². The SMILES string of the molecule is Cc1cccc(NC(=O)Cc2csc(NC(=O)c3ccoc3C)n2)c1C. The fourth-order valence-electron chi connectivity index (χ4n) is 2.48. The molecule has 134 valence electrons. The number of hydrogen-bond donors (Lipinski definition) is 2. The second-order valence-electron chi connectivity index (χ2n) is 5.96. The number of hydrogen-bond acceptors (Lipinski definition) is 5. The fraction of sp³-hybridized carbons (Fsp3) is 0.211. The number of amides is 2. The third-order valence-electron chi connectivity index (χ3n) is 4.10. The normalized spacial score (nSPS) is 10.6. The van der Waals surface area contributed by atoms with Crippen molar-refractivity contribution >= 4 is 34.0 Å². The fourth-order valence-corrected chi connectivity index (χ4v) is 3.18. The third kappa shape index (κ3) is 4.00. The lowest BCUT2D eigenvalue weighted by atomic mass is 10.1. The van der Waals surface area contributed by atoms with E-state index in [0.29, 0.717) is 22.1 Å². The first-order valence-electron chi connectivity index (χ1n) is 8.10. The summed E-state index contributed by atoms with van der Waals surface area (Å²) in [6, 6.07) is 7.39. The van der Waals surface area contributed by atoms with Crippen LogP contribution in [0, 0.1) is 20.8 Å². The molecule has 0 saturated heterocycles. The van der Waals surface area contributed by atoms with Gasteiger partial charge in [0.15, 0.2) is 5.13 Å². The lowest BCUT2D eigenvalue weighted by Crippen LogP contribution is -2.16. The Morgan fingerprint density at radius 1 is 1.15 bits per heavy atom. The quantitative estimate of drug-likeness (QED) is 0.709. The second-order valence-corrected chi connectivity index (χ2v) is 6.82. The molecule has 6 nitrogen and oxygen atoms in total. The molecule has 0 radical (unpaired) electrons. The molecule has 0 bridgehead atoms. The minimum absolute atomic E-state index is 0.143. The Hall–Kier alpha value is -2.93. The summed E-state index contributed by atoms with van der Waals surface area (Å²) < 4.78 is 5.12. The number of aromatic nitrogens is 1. The topological polar surface area (TPSA) is 84.2 Å². The summed E-state index contributed by atoms with van der Waals surface area (Å²) in [5.41, 5.74) is 4.04. The van der Waals surface area contributed by atoms with E-state index in [-0.39, 0.29) is 18.2 Å². The maximum Gasteiger partial charge on any atom is 0.260 e. The summed E-state index contributed by atoms with van der Waals surface area (Å²) in [6.07, 6.45) is 1.61. The maximum absolute atomic E-state index is 12.3. The van der Waals surface area contributed by atoms with Gasteiger partial charge in [0.1, 0.15) is 5.76 Å². The number of rotatable bonds is 5. The zero-order chi connectivity index (χ0) is 18.7. The van der Waals surface area contributed by atoms with Crippen molar-refractivity contribution in [1.29, 1.82) is 0 Å². The molecule has 0 aliphatic rings. The van der Waals surface area contributed by atoms with Gasteiger partial charge in [0, 0.05) is 11.1 Å². The Kier molecular flexibility index (Phi) is 5.18. The first-order chi connectivity index (χ1) is 12.4. The number of anilines is 2. The van der Waals surface area contributed by atoms with Crippen molar-refractivity contribution in [1.82, 2.24) is 4.98 Å². The Morgan fingerprint density at radius 2 is 1.96 bits per heavy atom. The number of carbonyl (C=O) groups excluding carboxylic acids is 2. The highest BCUT2D eigenvalue weighted by Crippen LogP contribution is 2.20. The van der Waals surface area contributed by atoms with E-state index in [1.807, 2.05) is 32.0 Å². The molecule has 7 heteroatoms. The van der Waals surface area contributed by atoms with Gasteiger partial charge in [0.25, 0.3) is 5.91 Å². The van der Waals surface area contributed by atoms with E-state index < -0.39 is 0 Å². The standard InChI is InChI=1S/C19H19N3O3S/c1-11-5-4-6-16(12(11)2)21-17(23)9-14-10-26-19(20-14)22-18(24)15-7-8-25-13(15)3/h4-8,10H,9H2,1-3H3,(H,21,23)(H,20,22,24). The van der Waals surface area contributed by atoms with Crippen LogP contribution in [0.5, 0.6) is 0 Å². The predicted octanol–water partition coefficient (Wildman–Crippen LogP) is 4.09. The van der Waals surface area contributed by atoms with Crippen LogP contribution in [0.25, 0.3) is 0 Å². The number of furan rings is 1. The molecule has 2 amide bonds. The summed E-state index contributed by atoms with van der Waals surface area (Å²) in [7, 11) is 0. The highest BCUT2D eigenvalue weighted by molar-refractivity contribution is 7.14. The van der Waals surface area contributed by atoms with Gasteiger partial charge in [-0.05, 0) is 44.0 Å². The van der Waals surface area contributed by atoms with E-state index >= 15 is 0 Å².